The molecule has 3 rings (SSSR count). The molecule has 222 valence electrons. The van der Waals surface area contributed by atoms with E-state index >= 15 is 0 Å². The Morgan fingerprint density at radius 2 is 1.49 bits per heavy atom. The number of carbonyl (C=O) groups excluding carboxylic acids is 5. The molecule has 0 radical (unpaired) electrons. The number of benzene rings is 1. The van der Waals surface area contributed by atoms with E-state index in [1.54, 1.807) is 32.0 Å². The molecule has 8 atom stereocenters. The fourth-order valence-electron chi connectivity index (χ4n) is 5.72. The molecule has 10 nitrogen and oxygen atoms in total. The third-order valence-corrected chi connectivity index (χ3v) is 7.83. The standard InChI is InChI=1S/C31H38O10/c1-16-13-14-30(6,7)28(36)23(34)26(40-20(5)33)18(3)25(39-19(4)32)22-24(17(2)15-31(22,38)27(16)35)41-29(37)21-11-9-8-10-12-21/h8-14,16-17,22-26,34,38H,3,15H2,1-2,4-7H3/b14-13+/t16-,17-,22+,23+,24-,25-,26-,31+/m0/s1. The van der Waals surface area contributed by atoms with Crippen LogP contribution in [0, 0.1) is 23.2 Å². The van der Waals surface area contributed by atoms with Gasteiger partial charge < -0.3 is 24.4 Å². The molecule has 2 aliphatic carbocycles. The van der Waals surface area contributed by atoms with Gasteiger partial charge in [0.15, 0.2) is 23.8 Å². The van der Waals surface area contributed by atoms with Crippen molar-refractivity contribution < 1.29 is 48.4 Å². The highest BCUT2D eigenvalue weighted by Crippen LogP contribution is 2.48. The van der Waals surface area contributed by atoms with Crippen LogP contribution in [0.5, 0.6) is 0 Å². The van der Waals surface area contributed by atoms with Crippen molar-refractivity contribution >= 4 is 29.5 Å². The molecule has 0 heterocycles. The molecule has 0 aliphatic heterocycles. The summed E-state index contributed by atoms with van der Waals surface area (Å²) in [5.74, 6) is -6.79. The average molecular weight is 571 g/mol. The highest BCUT2D eigenvalue weighted by atomic mass is 16.6. The molecule has 0 amide bonds. The number of carbonyl (C=O) groups is 5. The molecule has 0 aromatic heterocycles. The van der Waals surface area contributed by atoms with Crippen molar-refractivity contribution in [3.8, 4) is 0 Å². The van der Waals surface area contributed by atoms with Gasteiger partial charge in [0, 0.05) is 30.8 Å². The summed E-state index contributed by atoms with van der Waals surface area (Å²) in [5.41, 5.74) is -3.56. The Bertz CT molecular complexity index is 1250. The quantitative estimate of drug-likeness (QED) is 0.314. The van der Waals surface area contributed by atoms with Gasteiger partial charge in [-0.2, -0.15) is 0 Å². The van der Waals surface area contributed by atoms with Crippen molar-refractivity contribution in [1.82, 2.24) is 0 Å². The molecular formula is C31H38O10. The first-order valence-corrected chi connectivity index (χ1v) is 13.5. The van der Waals surface area contributed by atoms with Crippen LogP contribution >= 0.6 is 0 Å². The number of allylic oxidation sites excluding steroid dienone is 2. The minimum absolute atomic E-state index is 0.157. The molecule has 2 aliphatic rings. The van der Waals surface area contributed by atoms with Crippen LogP contribution < -0.4 is 0 Å². The second kappa shape index (κ2) is 12.1. The smallest absolute Gasteiger partial charge is 0.338 e. The molecule has 0 spiro atoms. The van der Waals surface area contributed by atoms with Gasteiger partial charge in [-0.25, -0.2) is 4.79 Å². The average Bonchev–Trinajstić information content (AvgIpc) is 3.16. The fraction of sp³-hybridized carbons (Fsp3) is 0.516. The Kier molecular flexibility index (Phi) is 9.40. The first-order valence-electron chi connectivity index (χ1n) is 13.5. The molecule has 2 N–H and O–H groups in total. The van der Waals surface area contributed by atoms with E-state index < -0.39 is 82.7 Å². The zero-order valence-corrected chi connectivity index (χ0v) is 24.2. The maximum absolute atomic E-state index is 13.9. The molecule has 41 heavy (non-hydrogen) atoms. The van der Waals surface area contributed by atoms with E-state index in [-0.39, 0.29) is 17.6 Å². The lowest BCUT2D eigenvalue weighted by Gasteiger charge is -2.40. The number of aliphatic hydroxyl groups is 2. The van der Waals surface area contributed by atoms with E-state index in [2.05, 4.69) is 6.58 Å². The topological polar surface area (TPSA) is 154 Å². The lowest BCUT2D eigenvalue weighted by molar-refractivity contribution is -0.168. The zero-order chi connectivity index (χ0) is 30.9. The van der Waals surface area contributed by atoms with Gasteiger partial charge in [0.25, 0.3) is 0 Å². The zero-order valence-electron chi connectivity index (χ0n) is 24.2. The van der Waals surface area contributed by atoms with Crippen LogP contribution in [-0.4, -0.2) is 69.7 Å². The van der Waals surface area contributed by atoms with Gasteiger partial charge >= 0.3 is 17.9 Å². The Morgan fingerprint density at radius 3 is 2.05 bits per heavy atom. The summed E-state index contributed by atoms with van der Waals surface area (Å²) in [6.45, 7) is 12.3. The molecule has 1 saturated carbocycles. The molecular weight excluding hydrogens is 532 g/mol. The summed E-state index contributed by atoms with van der Waals surface area (Å²) in [7, 11) is 0. The summed E-state index contributed by atoms with van der Waals surface area (Å²) < 4.78 is 16.8. The van der Waals surface area contributed by atoms with Crippen LogP contribution in [0.15, 0.2) is 54.6 Å². The molecule has 1 aromatic carbocycles. The third kappa shape index (κ3) is 6.49. The van der Waals surface area contributed by atoms with Crippen LogP contribution in [0.3, 0.4) is 0 Å². The van der Waals surface area contributed by atoms with Crippen LogP contribution in [-0.2, 0) is 33.4 Å². The summed E-state index contributed by atoms with van der Waals surface area (Å²) in [5, 5.41) is 23.3. The van der Waals surface area contributed by atoms with Gasteiger partial charge in [0.05, 0.1) is 11.5 Å². The molecule has 10 heteroatoms. The molecule has 0 unspecified atom stereocenters. The molecule has 1 aromatic rings. The molecule has 0 saturated heterocycles. The van der Waals surface area contributed by atoms with E-state index in [0.29, 0.717) is 0 Å². The summed E-state index contributed by atoms with van der Waals surface area (Å²) >= 11 is 0. The van der Waals surface area contributed by atoms with Crippen molar-refractivity contribution in [2.45, 2.75) is 78.0 Å². The summed E-state index contributed by atoms with van der Waals surface area (Å²) in [4.78, 5) is 65.0. The minimum Gasteiger partial charge on any atom is -0.458 e. The van der Waals surface area contributed by atoms with Gasteiger partial charge in [0.2, 0.25) is 0 Å². The second-order valence-electron chi connectivity index (χ2n) is 11.5. The van der Waals surface area contributed by atoms with Gasteiger partial charge in [-0.3, -0.25) is 19.2 Å². The fourth-order valence-corrected chi connectivity index (χ4v) is 5.72. The maximum atomic E-state index is 13.9. The largest absolute Gasteiger partial charge is 0.458 e. The number of hydrogen-bond donors (Lipinski definition) is 2. The van der Waals surface area contributed by atoms with Crippen molar-refractivity contribution in [2.24, 2.45) is 23.2 Å². The number of ether oxygens (including phenoxy) is 3. The second-order valence-corrected chi connectivity index (χ2v) is 11.5. The van der Waals surface area contributed by atoms with Crippen LogP contribution in [0.25, 0.3) is 0 Å². The third-order valence-electron chi connectivity index (χ3n) is 7.83. The van der Waals surface area contributed by atoms with Crippen molar-refractivity contribution in [2.75, 3.05) is 0 Å². The number of fused-ring (bicyclic) bond motifs is 1. The Morgan fingerprint density at radius 1 is 0.927 bits per heavy atom. The number of esters is 3. The number of aliphatic hydroxyl groups excluding tert-OH is 1. The Balaban J connectivity index is 2.26. The first kappa shape index (κ1) is 31.9. The number of Topliss-reactive ketones (excluding diaryl/α,β-unsaturated/α-hetero) is 2. The SMILES string of the molecule is C=C1[C@H](OC(C)=O)[C@H]2[C@@H](OC(=O)c3ccccc3)[C@@H](C)C[C@]2(O)C(=O)[C@@H](C)/C=C/C(C)(C)C(=O)[C@H](O)[C@H]1OC(C)=O. The van der Waals surface area contributed by atoms with Gasteiger partial charge in [-0.1, -0.05) is 50.8 Å². The molecule has 0 bridgehead atoms. The Hall–Kier alpha value is -3.63. The van der Waals surface area contributed by atoms with Gasteiger partial charge in [0.1, 0.15) is 17.8 Å². The maximum Gasteiger partial charge on any atom is 0.338 e. The van der Waals surface area contributed by atoms with E-state index in [4.69, 9.17) is 14.2 Å². The highest BCUT2D eigenvalue weighted by molar-refractivity contribution is 5.94. The molecule has 1 fully saturated rings. The van der Waals surface area contributed by atoms with Crippen LogP contribution in [0.4, 0.5) is 0 Å². The van der Waals surface area contributed by atoms with Crippen molar-refractivity contribution in [3.63, 3.8) is 0 Å². The van der Waals surface area contributed by atoms with E-state index in [9.17, 15) is 34.2 Å². The Labute approximate surface area is 239 Å². The van der Waals surface area contributed by atoms with E-state index in [1.807, 2.05) is 0 Å². The minimum atomic E-state index is -2.20. The van der Waals surface area contributed by atoms with Gasteiger partial charge in [-0.15, -0.1) is 0 Å². The van der Waals surface area contributed by atoms with Crippen molar-refractivity contribution in [3.05, 3.63) is 60.2 Å². The summed E-state index contributed by atoms with van der Waals surface area (Å²) in [6, 6.07) is 8.08. The number of hydrogen-bond acceptors (Lipinski definition) is 10. The van der Waals surface area contributed by atoms with Crippen LogP contribution in [0.2, 0.25) is 0 Å². The summed E-state index contributed by atoms with van der Waals surface area (Å²) in [6.07, 6.45) is -3.70. The van der Waals surface area contributed by atoms with Gasteiger partial charge in [-0.05, 0) is 38.3 Å². The predicted octanol–water partition coefficient (Wildman–Crippen LogP) is 2.75. The number of ketones is 2. The number of rotatable bonds is 4. The van der Waals surface area contributed by atoms with E-state index in [0.717, 1.165) is 13.8 Å². The highest BCUT2D eigenvalue weighted by Gasteiger charge is 2.62. The lowest BCUT2D eigenvalue weighted by Crippen LogP contribution is -2.56. The first-order chi connectivity index (χ1) is 19.0. The normalized spacial score (nSPS) is 34.4. The monoisotopic (exact) mass is 570 g/mol. The van der Waals surface area contributed by atoms with E-state index in [1.165, 1.54) is 38.1 Å². The predicted molar refractivity (Wildman–Crippen MR) is 146 cm³/mol. The van der Waals surface area contributed by atoms with Crippen molar-refractivity contribution in [1.29, 1.82) is 0 Å². The van der Waals surface area contributed by atoms with Crippen LogP contribution in [0.1, 0.15) is 58.3 Å². The lowest BCUT2D eigenvalue weighted by atomic mass is 9.73.